The first-order chi connectivity index (χ1) is 13.0. The van der Waals surface area contributed by atoms with Crippen molar-refractivity contribution >= 4 is 50.5 Å². The van der Waals surface area contributed by atoms with Crippen LogP contribution in [0.15, 0.2) is 53.0 Å². The Kier molecular flexibility index (Phi) is 6.18. The first-order valence-corrected chi connectivity index (χ1v) is 9.95. The molecule has 0 aromatic heterocycles. The number of ether oxygens (including phenoxy) is 1. The van der Waals surface area contributed by atoms with E-state index < -0.39 is 11.3 Å². The maximum atomic E-state index is 12.6. The van der Waals surface area contributed by atoms with E-state index in [1.165, 1.54) is 4.90 Å². The summed E-state index contributed by atoms with van der Waals surface area (Å²) >= 11 is 4.30. The monoisotopic (exact) mass is 448 g/mol. The third-order valence-electron chi connectivity index (χ3n) is 3.88. The lowest BCUT2D eigenvalue weighted by molar-refractivity contribution is -0.126. The number of benzene rings is 2. The summed E-state index contributed by atoms with van der Waals surface area (Å²) in [7, 11) is 0. The largest absolute Gasteiger partial charge is 0.462 e. The Morgan fingerprint density at radius 3 is 2.44 bits per heavy atom. The van der Waals surface area contributed by atoms with E-state index in [4.69, 9.17) is 4.74 Å². The molecule has 0 radical (unpaired) electrons. The van der Waals surface area contributed by atoms with Crippen LogP contribution in [-0.2, 0) is 16.1 Å². The predicted molar refractivity (Wildman–Crippen MR) is 107 cm³/mol. The van der Waals surface area contributed by atoms with Crippen molar-refractivity contribution in [2.75, 3.05) is 11.9 Å². The molecule has 0 unspecified atom stereocenters. The standard InChI is InChI=1S/C19H17BrN2O4S/c1-2-26-18(24)13-5-9-15(10-6-13)21-16-17(23)22(19(25)27-16)11-12-3-7-14(20)8-4-12/h3-10,16,21H,2,11H2,1H3/t16-/m1/s1. The molecule has 1 fully saturated rings. The molecular weight excluding hydrogens is 432 g/mol. The van der Waals surface area contributed by atoms with E-state index in [1.807, 2.05) is 24.3 Å². The van der Waals surface area contributed by atoms with E-state index in [1.54, 1.807) is 31.2 Å². The van der Waals surface area contributed by atoms with E-state index in [0.29, 0.717) is 17.9 Å². The highest BCUT2D eigenvalue weighted by atomic mass is 79.9. The highest BCUT2D eigenvalue weighted by molar-refractivity contribution is 9.10. The number of thioether (sulfide) groups is 1. The Morgan fingerprint density at radius 1 is 1.15 bits per heavy atom. The van der Waals surface area contributed by atoms with Gasteiger partial charge in [-0.1, -0.05) is 28.1 Å². The zero-order valence-electron chi connectivity index (χ0n) is 14.5. The third kappa shape index (κ3) is 4.70. The van der Waals surface area contributed by atoms with Crippen LogP contribution in [0.25, 0.3) is 0 Å². The molecule has 1 saturated heterocycles. The second-order valence-corrected chi connectivity index (χ2v) is 7.73. The molecule has 140 valence electrons. The normalized spacial score (nSPS) is 16.5. The first kappa shape index (κ1) is 19.4. The Labute approximate surface area is 169 Å². The number of nitrogens with zero attached hydrogens (tertiary/aromatic N) is 1. The summed E-state index contributed by atoms with van der Waals surface area (Å²) in [5, 5.41) is 2.05. The molecule has 2 amide bonds. The average molecular weight is 449 g/mol. The summed E-state index contributed by atoms with van der Waals surface area (Å²) in [4.78, 5) is 37.7. The molecule has 1 atom stereocenters. The van der Waals surface area contributed by atoms with E-state index in [-0.39, 0.29) is 17.7 Å². The number of hydrogen-bond donors (Lipinski definition) is 1. The molecule has 8 heteroatoms. The molecular formula is C19H17BrN2O4S. The predicted octanol–water partition coefficient (Wildman–Crippen LogP) is 4.26. The number of nitrogens with one attached hydrogen (secondary N) is 1. The average Bonchev–Trinajstić information content (AvgIpc) is 2.91. The van der Waals surface area contributed by atoms with Gasteiger partial charge in [0, 0.05) is 10.2 Å². The van der Waals surface area contributed by atoms with Crippen molar-refractivity contribution < 1.29 is 19.1 Å². The van der Waals surface area contributed by atoms with Gasteiger partial charge in [0.25, 0.3) is 11.1 Å². The van der Waals surface area contributed by atoms with E-state index in [9.17, 15) is 14.4 Å². The van der Waals surface area contributed by atoms with Gasteiger partial charge in [-0.15, -0.1) is 0 Å². The summed E-state index contributed by atoms with van der Waals surface area (Å²) in [5.41, 5.74) is 1.95. The van der Waals surface area contributed by atoms with Crippen LogP contribution in [0.3, 0.4) is 0 Å². The molecule has 1 aliphatic rings. The van der Waals surface area contributed by atoms with E-state index in [0.717, 1.165) is 21.8 Å². The second-order valence-electron chi connectivity index (χ2n) is 5.76. The third-order valence-corrected chi connectivity index (χ3v) is 5.38. The van der Waals surface area contributed by atoms with Crippen molar-refractivity contribution in [3.63, 3.8) is 0 Å². The molecule has 1 N–H and O–H groups in total. The minimum atomic E-state index is -0.693. The Hall–Kier alpha value is -2.32. The van der Waals surface area contributed by atoms with E-state index >= 15 is 0 Å². The summed E-state index contributed by atoms with van der Waals surface area (Å²) in [6.45, 7) is 2.29. The topological polar surface area (TPSA) is 75.7 Å². The van der Waals surface area contributed by atoms with Crippen molar-refractivity contribution in [1.82, 2.24) is 4.90 Å². The number of carbonyl (C=O) groups excluding carboxylic acids is 3. The molecule has 0 aliphatic carbocycles. The van der Waals surface area contributed by atoms with Crippen molar-refractivity contribution in [3.8, 4) is 0 Å². The highest BCUT2D eigenvalue weighted by Crippen LogP contribution is 2.29. The summed E-state index contributed by atoms with van der Waals surface area (Å²) in [6.07, 6.45) is 0. The van der Waals surface area contributed by atoms with Crippen LogP contribution in [0.1, 0.15) is 22.8 Å². The van der Waals surface area contributed by atoms with Gasteiger partial charge >= 0.3 is 5.97 Å². The lowest BCUT2D eigenvalue weighted by Crippen LogP contribution is -2.33. The van der Waals surface area contributed by atoms with Gasteiger partial charge < -0.3 is 10.1 Å². The number of imide groups is 1. The molecule has 0 saturated carbocycles. The molecule has 2 aromatic rings. The van der Waals surface area contributed by atoms with Gasteiger partial charge in [0.05, 0.1) is 18.7 Å². The zero-order valence-corrected chi connectivity index (χ0v) is 16.9. The van der Waals surface area contributed by atoms with Crippen LogP contribution in [0.2, 0.25) is 0 Å². The SMILES string of the molecule is CCOC(=O)c1ccc(N[C@@H]2SC(=O)N(Cc3ccc(Br)cc3)C2=O)cc1. The zero-order chi connectivity index (χ0) is 19.4. The summed E-state index contributed by atoms with van der Waals surface area (Å²) < 4.78 is 5.87. The molecule has 0 bridgehead atoms. The van der Waals surface area contributed by atoms with Crippen molar-refractivity contribution in [1.29, 1.82) is 0 Å². The molecule has 0 spiro atoms. The maximum Gasteiger partial charge on any atom is 0.338 e. The minimum absolute atomic E-state index is 0.234. The number of anilines is 1. The number of rotatable bonds is 6. The highest BCUT2D eigenvalue weighted by Gasteiger charge is 2.39. The number of halogens is 1. The fraction of sp³-hybridized carbons (Fsp3) is 0.211. The van der Waals surface area contributed by atoms with Gasteiger partial charge in [-0.25, -0.2) is 4.79 Å². The number of hydrogen-bond acceptors (Lipinski definition) is 6. The number of esters is 1. The quantitative estimate of drug-likeness (QED) is 0.665. The molecule has 6 nitrogen and oxygen atoms in total. The molecule has 1 heterocycles. The fourth-order valence-corrected chi connectivity index (χ4v) is 3.69. The second kappa shape index (κ2) is 8.58. The van der Waals surface area contributed by atoms with Crippen LogP contribution < -0.4 is 5.32 Å². The first-order valence-electron chi connectivity index (χ1n) is 8.28. The Morgan fingerprint density at radius 2 is 1.81 bits per heavy atom. The smallest absolute Gasteiger partial charge is 0.338 e. The lowest BCUT2D eigenvalue weighted by atomic mass is 10.2. The lowest BCUT2D eigenvalue weighted by Gasteiger charge is -2.15. The molecule has 27 heavy (non-hydrogen) atoms. The van der Waals surface area contributed by atoms with Crippen LogP contribution in [-0.4, -0.2) is 34.0 Å². The fourth-order valence-electron chi connectivity index (χ4n) is 2.52. The van der Waals surface area contributed by atoms with Gasteiger partial charge in [0.15, 0.2) is 5.37 Å². The summed E-state index contributed by atoms with van der Waals surface area (Å²) in [6, 6.07) is 14.1. The summed E-state index contributed by atoms with van der Waals surface area (Å²) in [5.74, 6) is -0.686. The molecule has 2 aromatic carbocycles. The van der Waals surface area contributed by atoms with Crippen LogP contribution in [0, 0.1) is 0 Å². The van der Waals surface area contributed by atoms with Gasteiger partial charge in [-0.2, -0.15) is 0 Å². The van der Waals surface area contributed by atoms with E-state index in [2.05, 4.69) is 21.2 Å². The van der Waals surface area contributed by atoms with Gasteiger partial charge in [0.2, 0.25) is 0 Å². The minimum Gasteiger partial charge on any atom is -0.462 e. The number of carbonyl (C=O) groups is 3. The van der Waals surface area contributed by atoms with Gasteiger partial charge in [-0.3, -0.25) is 14.5 Å². The van der Waals surface area contributed by atoms with Crippen LogP contribution in [0.4, 0.5) is 10.5 Å². The molecule has 3 rings (SSSR count). The van der Waals surface area contributed by atoms with Crippen molar-refractivity contribution in [2.24, 2.45) is 0 Å². The van der Waals surface area contributed by atoms with Crippen molar-refractivity contribution in [2.45, 2.75) is 18.8 Å². The van der Waals surface area contributed by atoms with Crippen LogP contribution >= 0.6 is 27.7 Å². The van der Waals surface area contributed by atoms with Crippen molar-refractivity contribution in [3.05, 3.63) is 64.1 Å². The van der Waals surface area contributed by atoms with Gasteiger partial charge in [-0.05, 0) is 60.6 Å². The van der Waals surface area contributed by atoms with Crippen LogP contribution in [0.5, 0.6) is 0 Å². The maximum absolute atomic E-state index is 12.6. The molecule has 1 aliphatic heterocycles. The van der Waals surface area contributed by atoms with Gasteiger partial charge in [0.1, 0.15) is 0 Å². The Balaban J connectivity index is 1.64. The Bertz CT molecular complexity index is 855. The number of amides is 2.